The van der Waals surface area contributed by atoms with Gasteiger partial charge in [0.15, 0.2) is 0 Å². The molecule has 2 nitrogen and oxygen atoms in total. The molecule has 114 valence electrons. The van der Waals surface area contributed by atoms with Crippen LogP contribution in [0.3, 0.4) is 0 Å². The Balaban J connectivity index is 2.29. The standard InChI is InChI=1S/C16H20BrClN2S/c1-16(2,3)14-5-11(8-18)6-15(19-14)20(4)9-13-7-12(17)10-21-13/h5-7,10H,8-9H2,1-4H3. The van der Waals surface area contributed by atoms with Gasteiger partial charge in [-0.15, -0.1) is 22.9 Å². The first kappa shape index (κ1) is 16.8. The second-order valence-corrected chi connectivity index (χ2v) is 8.37. The van der Waals surface area contributed by atoms with Crippen LogP contribution in [0.2, 0.25) is 0 Å². The highest BCUT2D eigenvalue weighted by Crippen LogP contribution is 2.27. The number of nitrogens with zero attached hydrogens (tertiary/aromatic N) is 2. The van der Waals surface area contributed by atoms with E-state index in [0.717, 1.165) is 28.1 Å². The minimum atomic E-state index is 0.0175. The molecule has 5 heteroatoms. The van der Waals surface area contributed by atoms with Gasteiger partial charge in [-0.05, 0) is 39.7 Å². The summed E-state index contributed by atoms with van der Waals surface area (Å²) in [7, 11) is 2.07. The van der Waals surface area contributed by atoms with E-state index < -0.39 is 0 Å². The molecule has 0 aliphatic heterocycles. The van der Waals surface area contributed by atoms with Gasteiger partial charge in [-0.1, -0.05) is 20.8 Å². The molecule has 2 aromatic rings. The van der Waals surface area contributed by atoms with Crippen LogP contribution in [0.15, 0.2) is 28.1 Å². The Morgan fingerprint density at radius 3 is 2.52 bits per heavy atom. The first-order valence-electron chi connectivity index (χ1n) is 6.81. The molecular formula is C16H20BrClN2S. The summed E-state index contributed by atoms with van der Waals surface area (Å²) < 4.78 is 1.13. The van der Waals surface area contributed by atoms with Crippen molar-refractivity contribution in [1.29, 1.82) is 0 Å². The summed E-state index contributed by atoms with van der Waals surface area (Å²) in [6.45, 7) is 7.37. The van der Waals surface area contributed by atoms with Crippen molar-refractivity contribution >= 4 is 44.7 Å². The molecule has 0 bridgehead atoms. The predicted octanol–water partition coefficient (Wildman–Crippen LogP) is 5.58. The van der Waals surface area contributed by atoms with Crippen LogP contribution in [0.4, 0.5) is 5.82 Å². The Hall–Kier alpha value is -0.580. The fourth-order valence-electron chi connectivity index (χ4n) is 1.98. The molecule has 2 aromatic heterocycles. The van der Waals surface area contributed by atoms with Crippen LogP contribution in [0.5, 0.6) is 0 Å². The Labute approximate surface area is 144 Å². The van der Waals surface area contributed by atoms with Crippen LogP contribution in [-0.2, 0) is 17.8 Å². The van der Waals surface area contributed by atoms with Crippen LogP contribution in [0, 0.1) is 0 Å². The minimum absolute atomic E-state index is 0.0175. The first-order valence-corrected chi connectivity index (χ1v) is 9.02. The molecule has 0 N–H and O–H groups in total. The molecule has 0 fully saturated rings. The van der Waals surface area contributed by atoms with Crippen molar-refractivity contribution in [3.63, 3.8) is 0 Å². The van der Waals surface area contributed by atoms with E-state index in [4.69, 9.17) is 16.6 Å². The number of hydrogen-bond donors (Lipinski definition) is 0. The Bertz CT molecular complexity index is 619. The van der Waals surface area contributed by atoms with Gasteiger partial charge in [0.05, 0.1) is 6.54 Å². The summed E-state index contributed by atoms with van der Waals surface area (Å²) in [5.74, 6) is 1.49. The summed E-state index contributed by atoms with van der Waals surface area (Å²) in [5.41, 5.74) is 2.21. The zero-order valence-corrected chi connectivity index (χ0v) is 15.9. The molecule has 0 aliphatic rings. The Morgan fingerprint density at radius 1 is 1.29 bits per heavy atom. The number of rotatable bonds is 4. The summed E-state index contributed by atoms with van der Waals surface area (Å²) >= 11 is 11.3. The van der Waals surface area contributed by atoms with Crippen molar-refractivity contribution < 1.29 is 0 Å². The highest BCUT2D eigenvalue weighted by Gasteiger charge is 2.18. The largest absolute Gasteiger partial charge is 0.355 e. The lowest BCUT2D eigenvalue weighted by Gasteiger charge is -2.23. The molecule has 0 atom stereocenters. The lowest BCUT2D eigenvalue weighted by molar-refractivity contribution is 0.567. The molecule has 0 amide bonds. The Kier molecular flexibility index (Phi) is 5.33. The van der Waals surface area contributed by atoms with Crippen LogP contribution < -0.4 is 4.90 Å². The summed E-state index contributed by atoms with van der Waals surface area (Å²) in [6, 6.07) is 6.33. The third-order valence-corrected chi connectivity index (χ3v) is 5.19. The van der Waals surface area contributed by atoms with E-state index in [1.165, 1.54) is 4.88 Å². The molecule has 0 aromatic carbocycles. The zero-order chi connectivity index (χ0) is 15.6. The average molecular weight is 388 g/mol. The van der Waals surface area contributed by atoms with Gasteiger partial charge in [0.1, 0.15) is 5.82 Å². The van der Waals surface area contributed by atoms with Crippen LogP contribution in [-0.4, -0.2) is 12.0 Å². The van der Waals surface area contributed by atoms with Gasteiger partial charge < -0.3 is 4.90 Å². The van der Waals surface area contributed by atoms with Crippen LogP contribution in [0.25, 0.3) is 0 Å². The van der Waals surface area contributed by atoms with Crippen molar-refractivity contribution in [3.05, 3.63) is 44.2 Å². The van der Waals surface area contributed by atoms with Crippen molar-refractivity contribution in [2.24, 2.45) is 0 Å². The number of aromatic nitrogens is 1. The molecule has 0 saturated heterocycles. The Morgan fingerprint density at radius 2 is 2.00 bits per heavy atom. The SMILES string of the molecule is CN(Cc1cc(Br)cs1)c1cc(CCl)cc(C(C)(C)C)n1. The third kappa shape index (κ3) is 4.44. The van der Waals surface area contributed by atoms with Crippen LogP contribution in [0.1, 0.15) is 36.9 Å². The number of alkyl halides is 1. The van der Waals surface area contributed by atoms with Crippen molar-refractivity contribution in [3.8, 4) is 0 Å². The maximum absolute atomic E-state index is 6.04. The van der Waals surface area contributed by atoms with E-state index in [-0.39, 0.29) is 5.41 Å². The highest BCUT2D eigenvalue weighted by molar-refractivity contribution is 9.10. The topological polar surface area (TPSA) is 16.1 Å². The smallest absolute Gasteiger partial charge is 0.129 e. The summed E-state index contributed by atoms with van der Waals surface area (Å²) in [4.78, 5) is 8.29. The highest BCUT2D eigenvalue weighted by atomic mass is 79.9. The van der Waals surface area contributed by atoms with Crippen molar-refractivity contribution in [2.45, 2.75) is 38.6 Å². The van der Waals surface area contributed by atoms with Crippen molar-refractivity contribution in [2.75, 3.05) is 11.9 Å². The number of pyridine rings is 1. The second-order valence-electron chi connectivity index (χ2n) is 6.19. The molecular weight excluding hydrogens is 368 g/mol. The van der Waals surface area contributed by atoms with Gasteiger partial charge in [0.2, 0.25) is 0 Å². The van der Waals surface area contributed by atoms with E-state index >= 15 is 0 Å². The minimum Gasteiger partial charge on any atom is -0.355 e. The second kappa shape index (κ2) is 6.67. The fourth-order valence-corrected chi connectivity index (χ4v) is 3.64. The van der Waals surface area contributed by atoms with Gasteiger partial charge in [0.25, 0.3) is 0 Å². The van der Waals surface area contributed by atoms with Gasteiger partial charge in [-0.25, -0.2) is 4.98 Å². The van der Waals surface area contributed by atoms with Gasteiger partial charge in [-0.3, -0.25) is 0 Å². The maximum atomic E-state index is 6.04. The molecule has 0 radical (unpaired) electrons. The molecule has 2 rings (SSSR count). The number of thiophene rings is 1. The lowest BCUT2D eigenvalue weighted by Crippen LogP contribution is -2.21. The predicted molar refractivity (Wildman–Crippen MR) is 96.6 cm³/mol. The van der Waals surface area contributed by atoms with E-state index in [9.17, 15) is 0 Å². The quantitative estimate of drug-likeness (QED) is 0.637. The summed E-state index contributed by atoms with van der Waals surface area (Å²) in [6.07, 6.45) is 0. The van der Waals surface area contributed by atoms with Gasteiger partial charge in [0, 0.05) is 38.8 Å². The van der Waals surface area contributed by atoms with Crippen molar-refractivity contribution in [1.82, 2.24) is 4.98 Å². The third-order valence-electron chi connectivity index (χ3n) is 3.20. The van der Waals surface area contributed by atoms with Crippen LogP contribution >= 0.6 is 38.9 Å². The van der Waals surface area contributed by atoms with Gasteiger partial charge >= 0.3 is 0 Å². The monoisotopic (exact) mass is 386 g/mol. The fraction of sp³-hybridized carbons (Fsp3) is 0.438. The number of anilines is 1. The molecule has 0 aliphatic carbocycles. The molecule has 2 heterocycles. The maximum Gasteiger partial charge on any atom is 0.129 e. The molecule has 0 saturated carbocycles. The first-order chi connectivity index (χ1) is 9.79. The molecule has 0 spiro atoms. The number of hydrogen-bond acceptors (Lipinski definition) is 3. The molecule has 21 heavy (non-hydrogen) atoms. The van der Waals surface area contributed by atoms with Gasteiger partial charge in [-0.2, -0.15) is 0 Å². The normalized spacial score (nSPS) is 11.7. The lowest BCUT2D eigenvalue weighted by atomic mass is 9.91. The summed E-state index contributed by atoms with van der Waals surface area (Å²) in [5, 5.41) is 2.10. The molecule has 0 unspecified atom stereocenters. The zero-order valence-electron chi connectivity index (χ0n) is 12.8. The van der Waals surface area contributed by atoms with E-state index in [1.807, 2.05) is 0 Å². The number of halogens is 2. The average Bonchev–Trinajstić information content (AvgIpc) is 2.82. The van der Waals surface area contributed by atoms with E-state index in [1.54, 1.807) is 11.3 Å². The van der Waals surface area contributed by atoms with E-state index in [0.29, 0.717) is 5.88 Å². The van der Waals surface area contributed by atoms with E-state index in [2.05, 4.69) is 72.2 Å².